The molecule has 1 fully saturated rings. The molecule has 3 N–H and O–H groups in total. The molecule has 2 amide bonds. The molecule has 8 heteroatoms. The van der Waals surface area contributed by atoms with Crippen molar-refractivity contribution in [3.8, 4) is 17.2 Å². The van der Waals surface area contributed by atoms with Gasteiger partial charge in [-0.15, -0.1) is 0 Å². The Morgan fingerprint density at radius 1 is 0.969 bits per heavy atom. The fraction of sp³-hybridized carbons (Fsp3) is 0.125. The molecule has 0 spiro atoms. The third kappa shape index (κ3) is 4.39. The molecular weight excluding hydrogens is 408 g/mol. The van der Waals surface area contributed by atoms with Crippen molar-refractivity contribution < 1.29 is 19.4 Å². The van der Waals surface area contributed by atoms with Crippen molar-refractivity contribution in [2.24, 2.45) is 5.92 Å². The Morgan fingerprint density at radius 2 is 1.81 bits per heavy atom. The molecule has 1 aliphatic rings. The third-order valence-corrected chi connectivity index (χ3v) is 5.06. The number of carbonyl (C=O) groups is 2. The predicted octanol–water partition coefficient (Wildman–Crippen LogP) is 4.43. The van der Waals surface area contributed by atoms with Crippen LogP contribution in [0.3, 0.4) is 0 Å². The summed E-state index contributed by atoms with van der Waals surface area (Å²) in [6.45, 7) is 0. The van der Waals surface area contributed by atoms with E-state index in [1.54, 1.807) is 65.3 Å². The molecule has 5 rings (SSSR count). The normalized spacial score (nSPS) is 13.0. The highest BCUT2D eigenvalue weighted by Gasteiger charge is 2.30. The van der Waals surface area contributed by atoms with E-state index >= 15 is 0 Å². The number of benzene rings is 2. The van der Waals surface area contributed by atoms with Crippen LogP contribution in [-0.4, -0.2) is 26.3 Å². The van der Waals surface area contributed by atoms with Crippen LogP contribution < -0.4 is 15.4 Å². The molecule has 32 heavy (non-hydrogen) atoms. The van der Waals surface area contributed by atoms with Crippen LogP contribution in [0, 0.1) is 5.92 Å². The van der Waals surface area contributed by atoms with Gasteiger partial charge < -0.3 is 24.9 Å². The standard InChI is InChI=1S/C24H20N4O4/c29-18-5-1-3-16(11-18)24(31)25-17-4-2-6-19(12-17)32-20-9-10-22-26-21(14-28(22)13-20)27-23(30)15-7-8-15/h1-6,9-15,29H,7-8H2,(H,25,31)(H,27,30). The van der Waals surface area contributed by atoms with E-state index in [2.05, 4.69) is 15.6 Å². The van der Waals surface area contributed by atoms with E-state index < -0.39 is 0 Å². The van der Waals surface area contributed by atoms with Crippen LogP contribution in [0.5, 0.6) is 17.2 Å². The van der Waals surface area contributed by atoms with Gasteiger partial charge in [-0.05, 0) is 55.3 Å². The van der Waals surface area contributed by atoms with Crippen molar-refractivity contribution in [2.75, 3.05) is 10.6 Å². The van der Waals surface area contributed by atoms with Gasteiger partial charge >= 0.3 is 0 Å². The van der Waals surface area contributed by atoms with Crippen molar-refractivity contribution in [3.05, 3.63) is 78.6 Å². The molecule has 0 aliphatic heterocycles. The summed E-state index contributed by atoms with van der Waals surface area (Å²) in [6, 6.07) is 16.7. The number of pyridine rings is 1. The van der Waals surface area contributed by atoms with Gasteiger partial charge in [0, 0.05) is 23.2 Å². The van der Waals surface area contributed by atoms with E-state index in [9.17, 15) is 14.7 Å². The first-order valence-electron chi connectivity index (χ1n) is 10.2. The maximum Gasteiger partial charge on any atom is 0.255 e. The number of rotatable bonds is 6. The maximum atomic E-state index is 12.4. The Morgan fingerprint density at radius 3 is 2.62 bits per heavy atom. The topological polar surface area (TPSA) is 105 Å². The number of hydrogen-bond donors (Lipinski definition) is 3. The number of ether oxygens (including phenoxy) is 1. The van der Waals surface area contributed by atoms with Gasteiger partial charge in [0.25, 0.3) is 5.91 Å². The quantitative estimate of drug-likeness (QED) is 0.421. The molecule has 2 aromatic heterocycles. The molecule has 0 unspecified atom stereocenters. The van der Waals surface area contributed by atoms with E-state index in [-0.39, 0.29) is 23.5 Å². The molecular formula is C24H20N4O4. The van der Waals surface area contributed by atoms with Gasteiger partial charge in [0.1, 0.15) is 22.9 Å². The average Bonchev–Trinajstić information content (AvgIpc) is 3.55. The highest BCUT2D eigenvalue weighted by atomic mass is 16.5. The summed E-state index contributed by atoms with van der Waals surface area (Å²) in [7, 11) is 0. The SMILES string of the molecule is O=C(Nc1cccc(Oc2ccc3nc(NC(=O)C4CC4)cn3c2)c1)c1cccc(O)c1. The number of imidazole rings is 1. The molecule has 1 aliphatic carbocycles. The fourth-order valence-electron chi connectivity index (χ4n) is 3.29. The van der Waals surface area contributed by atoms with Crippen molar-refractivity contribution in [3.63, 3.8) is 0 Å². The molecule has 0 bridgehead atoms. The number of phenols is 1. The number of aromatic hydroxyl groups is 1. The first kappa shape index (κ1) is 19.6. The zero-order valence-electron chi connectivity index (χ0n) is 17.0. The lowest BCUT2D eigenvalue weighted by molar-refractivity contribution is -0.117. The van der Waals surface area contributed by atoms with Crippen molar-refractivity contribution >= 4 is 29.0 Å². The third-order valence-electron chi connectivity index (χ3n) is 5.06. The molecule has 0 radical (unpaired) electrons. The lowest BCUT2D eigenvalue weighted by Gasteiger charge is -2.09. The summed E-state index contributed by atoms with van der Waals surface area (Å²) in [4.78, 5) is 28.8. The summed E-state index contributed by atoms with van der Waals surface area (Å²) in [5, 5.41) is 15.2. The number of aromatic nitrogens is 2. The Balaban J connectivity index is 1.29. The van der Waals surface area contributed by atoms with Gasteiger partial charge in [-0.25, -0.2) is 4.98 Å². The maximum absolute atomic E-state index is 12.4. The van der Waals surface area contributed by atoms with Crippen molar-refractivity contribution in [1.29, 1.82) is 0 Å². The van der Waals surface area contributed by atoms with E-state index in [1.807, 2.05) is 0 Å². The molecule has 160 valence electrons. The molecule has 8 nitrogen and oxygen atoms in total. The summed E-state index contributed by atoms with van der Waals surface area (Å²) in [5.74, 6) is 1.44. The second kappa shape index (κ2) is 8.07. The Labute approximate surface area is 183 Å². The minimum absolute atomic E-state index is 0.00876. The number of anilines is 2. The number of fused-ring (bicyclic) bond motifs is 1. The zero-order valence-corrected chi connectivity index (χ0v) is 17.0. The average molecular weight is 428 g/mol. The Kier molecular flexibility index (Phi) is 4.95. The predicted molar refractivity (Wildman–Crippen MR) is 119 cm³/mol. The van der Waals surface area contributed by atoms with Crippen LogP contribution in [-0.2, 0) is 4.79 Å². The van der Waals surface area contributed by atoms with E-state index in [0.717, 1.165) is 12.8 Å². The Hall–Kier alpha value is -4.33. The smallest absolute Gasteiger partial charge is 0.255 e. The van der Waals surface area contributed by atoms with Crippen LogP contribution in [0.2, 0.25) is 0 Å². The van der Waals surface area contributed by atoms with Crippen LogP contribution in [0.1, 0.15) is 23.2 Å². The van der Waals surface area contributed by atoms with E-state index in [1.165, 1.54) is 12.1 Å². The second-order valence-electron chi connectivity index (χ2n) is 7.65. The molecule has 0 atom stereocenters. The highest BCUT2D eigenvalue weighted by Crippen LogP contribution is 2.30. The molecule has 2 heterocycles. The summed E-state index contributed by atoms with van der Waals surface area (Å²) in [5.41, 5.74) is 1.60. The van der Waals surface area contributed by atoms with E-state index in [4.69, 9.17) is 4.74 Å². The van der Waals surface area contributed by atoms with Crippen LogP contribution in [0.25, 0.3) is 5.65 Å². The Bertz CT molecular complexity index is 1330. The molecule has 0 saturated heterocycles. The monoisotopic (exact) mass is 428 g/mol. The minimum atomic E-state index is -0.335. The number of hydrogen-bond acceptors (Lipinski definition) is 5. The fourth-order valence-corrected chi connectivity index (χ4v) is 3.29. The van der Waals surface area contributed by atoms with Crippen LogP contribution in [0.15, 0.2) is 73.1 Å². The zero-order chi connectivity index (χ0) is 22.1. The molecule has 1 saturated carbocycles. The molecule has 2 aromatic carbocycles. The van der Waals surface area contributed by atoms with Gasteiger partial charge in [-0.3, -0.25) is 9.59 Å². The second-order valence-corrected chi connectivity index (χ2v) is 7.65. The first-order chi connectivity index (χ1) is 15.5. The largest absolute Gasteiger partial charge is 0.508 e. The number of nitrogens with one attached hydrogen (secondary N) is 2. The van der Waals surface area contributed by atoms with Gasteiger partial charge in [-0.2, -0.15) is 0 Å². The summed E-state index contributed by atoms with van der Waals surface area (Å²) < 4.78 is 7.73. The van der Waals surface area contributed by atoms with Crippen molar-refractivity contribution in [1.82, 2.24) is 9.38 Å². The van der Waals surface area contributed by atoms with Gasteiger partial charge in [0.15, 0.2) is 5.82 Å². The lowest BCUT2D eigenvalue weighted by Crippen LogP contribution is -2.13. The highest BCUT2D eigenvalue weighted by molar-refractivity contribution is 6.04. The first-order valence-corrected chi connectivity index (χ1v) is 10.2. The number of phenolic OH excluding ortho intramolecular Hbond substituents is 1. The summed E-state index contributed by atoms with van der Waals surface area (Å²) in [6.07, 6.45) is 5.39. The van der Waals surface area contributed by atoms with Gasteiger partial charge in [0.05, 0.1) is 12.4 Å². The minimum Gasteiger partial charge on any atom is -0.508 e. The van der Waals surface area contributed by atoms with Crippen LogP contribution in [0.4, 0.5) is 11.5 Å². The van der Waals surface area contributed by atoms with Gasteiger partial charge in [0.2, 0.25) is 5.91 Å². The van der Waals surface area contributed by atoms with Crippen LogP contribution >= 0.6 is 0 Å². The lowest BCUT2D eigenvalue weighted by atomic mass is 10.2. The summed E-state index contributed by atoms with van der Waals surface area (Å²) >= 11 is 0. The number of amides is 2. The van der Waals surface area contributed by atoms with E-state index in [0.29, 0.717) is 34.2 Å². The number of carbonyl (C=O) groups excluding carboxylic acids is 2. The molecule has 4 aromatic rings. The van der Waals surface area contributed by atoms with Gasteiger partial charge in [-0.1, -0.05) is 12.1 Å². The van der Waals surface area contributed by atoms with Crippen molar-refractivity contribution in [2.45, 2.75) is 12.8 Å². The number of nitrogens with zero attached hydrogens (tertiary/aromatic N) is 2.